The number of rotatable bonds is 8. The minimum absolute atomic E-state index is 0.0793. The van der Waals surface area contributed by atoms with Crippen LogP contribution in [0.1, 0.15) is 63.0 Å². The molecule has 184 valence electrons. The minimum atomic E-state index is -0.509. The zero-order valence-corrected chi connectivity index (χ0v) is 20.9. The lowest BCUT2D eigenvalue weighted by atomic mass is 9.66. The van der Waals surface area contributed by atoms with E-state index in [9.17, 15) is 9.59 Å². The number of hydrogen-bond donors (Lipinski definition) is 0. The largest absolute Gasteiger partial charge is 0.493 e. The highest BCUT2D eigenvalue weighted by Gasteiger charge is 2.46. The van der Waals surface area contributed by atoms with E-state index in [2.05, 4.69) is 12.1 Å². The molecule has 1 aliphatic carbocycles. The van der Waals surface area contributed by atoms with Crippen molar-refractivity contribution in [2.75, 3.05) is 20.3 Å². The number of benzene rings is 2. The summed E-state index contributed by atoms with van der Waals surface area (Å²) in [6, 6.07) is 15.7. The number of carbonyl (C=O) groups is 2. The Kier molecular flexibility index (Phi) is 7.69. The highest BCUT2D eigenvalue weighted by Crippen LogP contribution is 2.47. The average Bonchev–Trinajstić information content (AvgIpc) is 2.87. The van der Waals surface area contributed by atoms with Gasteiger partial charge >= 0.3 is 5.97 Å². The first-order valence-electron chi connectivity index (χ1n) is 12.3. The molecular weight excluding hydrogens is 442 g/mol. The average molecular weight is 476 g/mol. The summed E-state index contributed by atoms with van der Waals surface area (Å²) in [5.74, 6) is -0.0400. The smallest absolute Gasteiger partial charge is 0.336 e. The number of aliphatic imine (C=N–C) groups is 1. The molecule has 0 N–H and O–H groups in total. The van der Waals surface area contributed by atoms with E-state index in [0.29, 0.717) is 42.2 Å². The van der Waals surface area contributed by atoms with Gasteiger partial charge in [-0.05, 0) is 55.9 Å². The first kappa shape index (κ1) is 24.7. The van der Waals surface area contributed by atoms with Crippen LogP contribution < -0.4 is 9.47 Å². The summed E-state index contributed by atoms with van der Waals surface area (Å²) in [5.41, 5.74) is 3.83. The van der Waals surface area contributed by atoms with Crippen molar-refractivity contribution in [1.29, 1.82) is 0 Å². The summed E-state index contributed by atoms with van der Waals surface area (Å²) in [6.45, 7) is 6.47. The van der Waals surface area contributed by atoms with Crippen LogP contribution in [0.25, 0.3) is 0 Å². The standard InChI is InChI=1S/C29H33NO5/c1-5-14-35-24-13-12-20(17-25(24)33-4)27-26(29(32)34-6-2)18(3)30-22-15-21(16-23(31)28(22)27)19-10-8-7-9-11-19/h7-13,17,21,27-28H,5-6,14-16H2,1-4H3/t21-,27-,28?/m1/s1. The van der Waals surface area contributed by atoms with E-state index >= 15 is 0 Å². The Morgan fingerprint density at radius 3 is 2.46 bits per heavy atom. The molecule has 0 amide bonds. The Labute approximate surface area is 207 Å². The van der Waals surface area contributed by atoms with Gasteiger partial charge in [-0.1, -0.05) is 43.3 Å². The monoisotopic (exact) mass is 475 g/mol. The third-order valence-electron chi connectivity index (χ3n) is 6.73. The predicted octanol–water partition coefficient (Wildman–Crippen LogP) is 5.62. The van der Waals surface area contributed by atoms with Gasteiger partial charge in [0.05, 0.1) is 31.8 Å². The highest BCUT2D eigenvalue weighted by atomic mass is 16.5. The van der Waals surface area contributed by atoms with Gasteiger partial charge in [0.15, 0.2) is 11.5 Å². The second-order valence-corrected chi connectivity index (χ2v) is 9.02. The molecule has 0 radical (unpaired) electrons. The van der Waals surface area contributed by atoms with Crippen LogP contribution in [0.4, 0.5) is 0 Å². The molecule has 4 rings (SSSR count). The Hall–Kier alpha value is -3.41. The second kappa shape index (κ2) is 10.9. The summed E-state index contributed by atoms with van der Waals surface area (Å²) in [7, 11) is 1.59. The summed E-state index contributed by atoms with van der Waals surface area (Å²) in [4.78, 5) is 31.6. The number of methoxy groups -OCH3 is 1. The Morgan fingerprint density at radius 2 is 1.77 bits per heavy atom. The summed E-state index contributed by atoms with van der Waals surface area (Å²) >= 11 is 0. The molecule has 3 atom stereocenters. The van der Waals surface area contributed by atoms with Crippen LogP contribution in [0.15, 0.2) is 64.8 Å². The van der Waals surface area contributed by atoms with Gasteiger partial charge < -0.3 is 14.2 Å². The van der Waals surface area contributed by atoms with Gasteiger partial charge in [-0.15, -0.1) is 0 Å². The van der Waals surface area contributed by atoms with Crippen molar-refractivity contribution in [2.45, 2.75) is 51.9 Å². The van der Waals surface area contributed by atoms with Crippen molar-refractivity contribution in [3.8, 4) is 11.5 Å². The third-order valence-corrected chi connectivity index (χ3v) is 6.73. The molecule has 1 aliphatic heterocycles. The van der Waals surface area contributed by atoms with E-state index in [0.717, 1.165) is 23.3 Å². The number of ether oxygens (including phenoxy) is 3. The topological polar surface area (TPSA) is 74.2 Å². The van der Waals surface area contributed by atoms with Gasteiger partial charge in [-0.2, -0.15) is 0 Å². The van der Waals surface area contributed by atoms with Crippen molar-refractivity contribution >= 4 is 17.5 Å². The second-order valence-electron chi connectivity index (χ2n) is 9.02. The molecule has 6 heteroatoms. The lowest BCUT2D eigenvalue weighted by Crippen LogP contribution is -2.41. The van der Waals surface area contributed by atoms with Gasteiger partial charge in [-0.3, -0.25) is 9.79 Å². The summed E-state index contributed by atoms with van der Waals surface area (Å²) in [6.07, 6.45) is 1.97. The van der Waals surface area contributed by atoms with Crippen LogP contribution in [0.3, 0.4) is 0 Å². The Bertz CT molecular complexity index is 1150. The first-order valence-corrected chi connectivity index (χ1v) is 12.3. The predicted molar refractivity (Wildman–Crippen MR) is 135 cm³/mol. The molecule has 35 heavy (non-hydrogen) atoms. The minimum Gasteiger partial charge on any atom is -0.493 e. The molecule has 0 saturated heterocycles. The maximum Gasteiger partial charge on any atom is 0.336 e. The fraction of sp³-hybridized carbons (Fsp3) is 0.414. The number of nitrogens with zero attached hydrogens (tertiary/aromatic N) is 1. The number of allylic oxidation sites excluding steroid dienone is 1. The Morgan fingerprint density at radius 1 is 1.00 bits per heavy atom. The van der Waals surface area contributed by atoms with Crippen molar-refractivity contribution in [3.05, 3.63) is 70.9 Å². The van der Waals surface area contributed by atoms with Gasteiger partial charge in [0, 0.05) is 23.7 Å². The van der Waals surface area contributed by atoms with E-state index in [1.807, 2.05) is 50.2 Å². The maximum absolute atomic E-state index is 13.7. The number of fused-ring (bicyclic) bond motifs is 1. The van der Waals surface area contributed by atoms with E-state index in [1.54, 1.807) is 14.0 Å². The fourth-order valence-electron chi connectivity index (χ4n) is 5.18. The molecule has 2 aliphatic rings. The first-order chi connectivity index (χ1) is 17.0. The summed E-state index contributed by atoms with van der Waals surface area (Å²) < 4.78 is 16.8. The zero-order valence-electron chi connectivity index (χ0n) is 20.9. The maximum atomic E-state index is 13.7. The van der Waals surface area contributed by atoms with Crippen molar-refractivity contribution in [2.24, 2.45) is 10.9 Å². The summed E-state index contributed by atoms with van der Waals surface area (Å²) in [5, 5.41) is 0. The zero-order chi connectivity index (χ0) is 24.9. The molecule has 1 saturated carbocycles. The molecule has 0 aromatic heterocycles. The molecule has 1 fully saturated rings. The fourth-order valence-corrected chi connectivity index (χ4v) is 5.18. The van der Waals surface area contributed by atoms with Gasteiger partial charge in [0.2, 0.25) is 0 Å². The Balaban J connectivity index is 1.78. The SMILES string of the molecule is CCCOc1ccc([C@@H]2C(C(=O)OCC)=C(C)N=C3C[C@@H](c4ccccc4)CC(=O)C32)cc1OC. The highest BCUT2D eigenvalue weighted by molar-refractivity contribution is 6.12. The molecule has 1 unspecified atom stereocenters. The molecular formula is C29H33NO5. The van der Waals surface area contributed by atoms with E-state index in [4.69, 9.17) is 19.2 Å². The van der Waals surface area contributed by atoms with Crippen molar-refractivity contribution < 1.29 is 23.8 Å². The molecule has 1 heterocycles. The van der Waals surface area contributed by atoms with Gasteiger partial charge in [-0.25, -0.2) is 4.79 Å². The lowest BCUT2D eigenvalue weighted by molar-refractivity contribution is -0.139. The van der Waals surface area contributed by atoms with Crippen LogP contribution in [0, 0.1) is 5.92 Å². The number of Topliss-reactive ketones (excluding diaryl/α,β-unsaturated/α-hetero) is 1. The quantitative estimate of drug-likeness (QED) is 0.463. The normalized spacial score (nSPS) is 21.8. The number of esters is 1. The van der Waals surface area contributed by atoms with Crippen molar-refractivity contribution in [3.63, 3.8) is 0 Å². The van der Waals surface area contributed by atoms with Gasteiger partial charge in [0.25, 0.3) is 0 Å². The molecule has 6 nitrogen and oxygen atoms in total. The third kappa shape index (κ3) is 5.02. The van der Waals surface area contributed by atoms with Crippen LogP contribution in [0.5, 0.6) is 11.5 Å². The van der Waals surface area contributed by atoms with Crippen LogP contribution in [-0.2, 0) is 14.3 Å². The number of hydrogen-bond acceptors (Lipinski definition) is 6. The van der Waals surface area contributed by atoms with E-state index in [-0.39, 0.29) is 18.3 Å². The molecule has 2 aromatic carbocycles. The van der Waals surface area contributed by atoms with Gasteiger partial charge in [0.1, 0.15) is 5.78 Å². The molecule has 2 aromatic rings. The van der Waals surface area contributed by atoms with E-state index < -0.39 is 17.8 Å². The molecule has 0 spiro atoms. The number of ketones is 1. The van der Waals surface area contributed by atoms with Crippen LogP contribution >= 0.6 is 0 Å². The lowest BCUT2D eigenvalue weighted by Gasteiger charge is -2.38. The van der Waals surface area contributed by atoms with E-state index in [1.165, 1.54) is 0 Å². The van der Waals surface area contributed by atoms with Crippen LogP contribution in [-0.4, -0.2) is 37.8 Å². The van der Waals surface area contributed by atoms with Crippen molar-refractivity contribution in [1.82, 2.24) is 0 Å². The van der Waals surface area contributed by atoms with Crippen LogP contribution in [0.2, 0.25) is 0 Å². The molecule has 0 bridgehead atoms. The number of carbonyl (C=O) groups excluding carboxylic acids is 2.